The minimum Gasteiger partial charge on any atom is -0.281 e. The number of nitriles is 1. The molecule has 3 nitrogen and oxygen atoms in total. The van der Waals surface area contributed by atoms with Gasteiger partial charge in [0.2, 0.25) is 0 Å². The molecule has 0 amide bonds. The van der Waals surface area contributed by atoms with Crippen molar-refractivity contribution in [2.24, 2.45) is 0 Å². The van der Waals surface area contributed by atoms with Gasteiger partial charge in [0.15, 0.2) is 0 Å². The molecule has 0 spiro atoms. The zero-order chi connectivity index (χ0) is 13.0. The molecule has 0 radical (unpaired) electrons. The molecule has 1 heterocycles. The molecule has 1 N–H and O–H groups in total. The second kappa shape index (κ2) is 5.50. The largest absolute Gasteiger partial charge is 0.281 e. The molecule has 0 aliphatic carbocycles. The molecule has 2 rings (SSSR count). The first kappa shape index (κ1) is 12.4. The maximum absolute atomic E-state index is 8.63. The Kier molecular flexibility index (Phi) is 3.78. The fourth-order valence-corrected chi connectivity index (χ4v) is 1.90. The van der Waals surface area contributed by atoms with Crippen LogP contribution in [0.5, 0.6) is 0 Å². The van der Waals surface area contributed by atoms with Crippen LogP contribution in [0, 0.1) is 11.3 Å². The van der Waals surface area contributed by atoms with Crippen LogP contribution in [0.2, 0.25) is 0 Å². The fraction of sp³-hybridized carbons (Fsp3) is 0.333. The molecule has 1 atom stereocenters. The Bertz CT molecular complexity index is 546. The minimum atomic E-state index is 0.373. The van der Waals surface area contributed by atoms with Gasteiger partial charge in [-0.25, -0.2) is 0 Å². The minimum absolute atomic E-state index is 0.373. The Morgan fingerprint density at radius 2 is 2.06 bits per heavy atom. The van der Waals surface area contributed by atoms with Crippen LogP contribution in [-0.4, -0.2) is 10.2 Å². The highest BCUT2D eigenvalue weighted by atomic mass is 15.1. The van der Waals surface area contributed by atoms with Gasteiger partial charge in [-0.05, 0) is 24.0 Å². The molecule has 2 aromatic rings. The first-order valence-electron chi connectivity index (χ1n) is 6.26. The summed E-state index contributed by atoms with van der Waals surface area (Å²) in [6.07, 6.45) is 1.52. The number of nitrogens with zero attached hydrogens (tertiary/aromatic N) is 2. The third-order valence-electron chi connectivity index (χ3n) is 3.29. The first-order chi connectivity index (χ1) is 8.74. The number of benzene rings is 1. The molecule has 0 aliphatic rings. The molecule has 92 valence electrons. The van der Waals surface area contributed by atoms with Crippen molar-refractivity contribution < 1.29 is 0 Å². The molecule has 1 aromatic carbocycles. The lowest BCUT2D eigenvalue weighted by molar-refractivity contribution is 0.734. The van der Waals surface area contributed by atoms with Gasteiger partial charge in [0.25, 0.3) is 0 Å². The van der Waals surface area contributed by atoms with Gasteiger partial charge in [-0.15, -0.1) is 0 Å². The number of H-pyrrole nitrogens is 1. The van der Waals surface area contributed by atoms with Crippen molar-refractivity contribution >= 4 is 0 Å². The van der Waals surface area contributed by atoms with E-state index in [1.165, 1.54) is 5.56 Å². The predicted molar refractivity (Wildman–Crippen MR) is 72.0 cm³/mol. The summed E-state index contributed by atoms with van der Waals surface area (Å²) in [5.41, 5.74) is 4.20. The van der Waals surface area contributed by atoms with Crippen LogP contribution in [0.1, 0.15) is 37.4 Å². The number of hydrogen-bond donors (Lipinski definition) is 1. The molecular weight excluding hydrogens is 222 g/mol. The van der Waals surface area contributed by atoms with Crippen molar-refractivity contribution in [2.45, 2.75) is 32.6 Å². The maximum atomic E-state index is 8.63. The van der Waals surface area contributed by atoms with Gasteiger partial charge in [-0.1, -0.05) is 38.1 Å². The molecular formula is C15H17N3. The third-order valence-corrected chi connectivity index (χ3v) is 3.29. The summed E-state index contributed by atoms with van der Waals surface area (Å²) in [5, 5.41) is 15.7. The van der Waals surface area contributed by atoms with E-state index in [0.29, 0.717) is 12.3 Å². The highest BCUT2D eigenvalue weighted by Crippen LogP contribution is 2.23. The normalized spacial score (nSPS) is 12.1. The van der Waals surface area contributed by atoms with E-state index in [1.54, 1.807) is 0 Å². The van der Waals surface area contributed by atoms with E-state index < -0.39 is 0 Å². The van der Waals surface area contributed by atoms with E-state index in [0.717, 1.165) is 23.4 Å². The second-order valence-corrected chi connectivity index (χ2v) is 4.54. The molecule has 18 heavy (non-hydrogen) atoms. The molecule has 0 fully saturated rings. The predicted octanol–water partition coefficient (Wildman–Crippen LogP) is 3.66. The standard InChI is InChI=1S/C15H17N3/c1-3-11(2)12-4-6-13(7-5-12)15-10-14(8-9-16)17-18-15/h4-7,10-11H,3,8H2,1-2H3,(H,17,18). The molecule has 0 saturated heterocycles. The van der Waals surface area contributed by atoms with Gasteiger partial charge < -0.3 is 0 Å². The highest BCUT2D eigenvalue weighted by molar-refractivity contribution is 5.59. The van der Waals surface area contributed by atoms with Crippen molar-refractivity contribution in [1.82, 2.24) is 10.2 Å². The molecule has 1 unspecified atom stereocenters. The van der Waals surface area contributed by atoms with Crippen LogP contribution >= 0.6 is 0 Å². The summed E-state index contributed by atoms with van der Waals surface area (Å²) in [4.78, 5) is 0. The summed E-state index contributed by atoms with van der Waals surface area (Å²) in [5.74, 6) is 0.590. The molecule has 0 aliphatic heterocycles. The number of rotatable bonds is 4. The number of aromatic nitrogens is 2. The van der Waals surface area contributed by atoms with Crippen LogP contribution in [0.4, 0.5) is 0 Å². The average molecular weight is 239 g/mol. The number of aromatic amines is 1. The lowest BCUT2D eigenvalue weighted by atomic mass is 9.97. The first-order valence-corrected chi connectivity index (χ1v) is 6.26. The maximum Gasteiger partial charge on any atom is 0.0923 e. The Balaban J connectivity index is 2.20. The van der Waals surface area contributed by atoms with Gasteiger partial charge in [0, 0.05) is 11.3 Å². The topological polar surface area (TPSA) is 52.5 Å². The van der Waals surface area contributed by atoms with Crippen LogP contribution in [0.3, 0.4) is 0 Å². The van der Waals surface area contributed by atoms with Gasteiger partial charge in [-0.3, -0.25) is 5.10 Å². The van der Waals surface area contributed by atoms with Crippen molar-refractivity contribution in [3.05, 3.63) is 41.6 Å². The lowest BCUT2D eigenvalue weighted by Crippen LogP contribution is -1.90. The third kappa shape index (κ3) is 2.60. The second-order valence-electron chi connectivity index (χ2n) is 4.54. The summed E-state index contributed by atoms with van der Waals surface area (Å²) in [6.45, 7) is 4.43. The van der Waals surface area contributed by atoms with Crippen molar-refractivity contribution in [2.75, 3.05) is 0 Å². The van der Waals surface area contributed by atoms with Gasteiger partial charge in [0.1, 0.15) is 0 Å². The van der Waals surface area contributed by atoms with E-state index >= 15 is 0 Å². The zero-order valence-electron chi connectivity index (χ0n) is 10.8. The quantitative estimate of drug-likeness (QED) is 0.885. The van der Waals surface area contributed by atoms with Crippen LogP contribution in [0.25, 0.3) is 11.3 Å². The molecule has 0 bridgehead atoms. The Morgan fingerprint density at radius 3 is 2.67 bits per heavy atom. The van der Waals surface area contributed by atoms with Crippen molar-refractivity contribution in [3.63, 3.8) is 0 Å². The lowest BCUT2D eigenvalue weighted by Gasteiger charge is -2.08. The number of hydrogen-bond acceptors (Lipinski definition) is 2. The van der Waals surface area contributed by atoms with E-state index in [2.05, 4.69) is 54.4 Å². The van der Waals surface area contributed by atoms with Crippen LogP contribution in [0.15, 0.2) is 30.3 Å². The van der Waals surface area contributed by atoms with E-state index in [9.17, 15) is 0 Å². The average Bonchev–Trinajstić information content (AvgIpc) is 2.87. The Hall–Kier alpha value is -2.08. The Labute approximate surface area is 107 Å². The molecule has 1 aromatic heterocycles. The van der Waals surface area contributed by atoms with Gasteiger partial charge in [0.05, 0.1) is 18.2 Å². The molecule has 0 saturated carbocycles. The molecule has 3 heteroatoms. The zero-order valence-corrected chi connectivity index (χ0v) is 10.8. The van der Waals surface area contributed by atoms with E-state index in [-0.39, 0.29) is 0 Å². The summed E-state index contributed by atoms with van der Waals surface area (Å²) in [7, 11) is 0. The summed E-state index contributed by atoms with van der Waals surface area (Å²) >= 11 is 0. The fourth-order valence-electron chi connectivity index (χ4n) is 1.90. The smallest absolute Gasteiger partial charge is 0.0923 e. The summed E-state index contributed by atoms with van der Waals surface area (Å²) < 4.78 is 0. The van der Waals surface area contributed by atoms with Crippen LogP contribution < -0.4 is 0 Å². The van der Waals surface area contributed by atoms with Crippen molar-refractivity contribution in [1.29, 1.82) is 5.26 Å². The number of nitrogens with one attached hydrogen (secondary N) is 1. The Morgan fingerprint density at radius 1 is 1.33 bits per heavy atom. The van der Waals surface area contributed by atoms with Crippen LogP contribution in [-0.2, 0) is 6.42 Å². The summed E-state index contributed by atoms with van der Waals surface area (Å²) in [6, 6.07) is 12.5. The van der Waals surface area contributed by atoms with Gasteiger partial charge >= 0.3 is 0 Å². The van der Waals surface area contributed by atoms with Crippen molar-refractivity contribution in [3.8, 4) is 17.3 Å². The highest BCUT2D eigenvalue weighted by Gasteiger charge is 2.06. The van der Waals surface area contributed by atoms with Gasteiger partial charge in [-0.2, -0.15) is 10.4 Å². The monoisotopic (exact) mass is 239 g/mol. The van der Waals surface area contributed by atoms with E-state index in [4.69, 9.17) is 5.26 Å². The SMILES string of the molecule is CCC(C)c1ccc(-c2cc(CC#N)[nH]n2)cc1. The van der Waals surface area contributed by atoms with E-state index in [1.807, 2.05) is 6.07 Å².